The second-order valence-electron chi connectivity index (χ2n) is 12.7. The van der Waals surface area contributed by atoms with Crippen LogP contribution in [-0.4, -0.2) is 99.9 Å². The van der Waals surface area contributed by atoms with Crippen molar-refractivity contribution < 1.29 is 29.1 Å². The zero-order valence-corrected chi connectivity index (χ0v) is 29.6. The summed E-state index contributed by atoms with van der Waals surface area (Å²) >= 11 is 0. The molecule has 1 heterocycles. The molecule has 0 aliphatic rings. The van der Waals surface area contributed by atoms with E-state index in [4.69, 9.17) is 28.7 Å². The molecule has 0 spiro atoms. The van der Waals surface area contributed by atoms with Crippen molar-refractivity contribution in [3.63, 3.8) is 0 Å². The zero-order valence-electron chi connectivity index (χ0n) is 29.6. The molecule has 0 radical (unpaired) electrons. The van der Waals surface area contributed by atoms with E-state index in [0.29, 0.717) is 17.7 Å². The third-order valence-corrected chi connectivity index (χ3v) is 7.73. The van der Waals surface area contributed by atoms with Gasteiger partial charge in [-0.2, -0.15) is 0 Å². The third-order valence-electron chi connectivity index (χ3n) is 7.73. The van der Waals surface area contributed by atoms with Crippen molar-refractivity contribution in [2.45, 2.75) is 89.0 Å². The number of aliphatic carboxylic acids is 1. The molecule has 286 valence electrons. The van der Waals surface area contributed by atoms with Gasteiger partial charge in [-0.25, -0.2) is 9.78 Å². The molecule has 0 saturated carbocycles. The van der Waals surface area contributed by atoms with E-state index in [9.17, 15) is 29.1 Å². The summed E-state index contributed by atoms with van der Waals surface area (Å²) in [5.41, 5.74) is 28.8. The highest BCUT2D eigenvalue weighted by Gasteiger charge is 2.32. The van der Waals surface area contributed by atoms with Crippen LogP contribution >= 0.6 is 0 Å². The summed E-state index contributed by atoms with van der Waals surface area (Å²) in [5.74, 6) is -4.25. The topological polar surface area (TPSA) is 337 Å². The lowest BCUT2D eigenvalue weighted by atomic mass is 10.0. The van der Waals surface area contributed by atoms with Gasteiger partial charge in [-0.05, 0) is 43.6 Å². The number of aliphatic imine (C=N–C) groups is 2. The third kappa shape index (κ3) is 16.3. The minimum atomic E-state index is -1.34. The van der Waals surface area contributed by atoms with E-state index in [2.05, 4.69) is 41.2 Å². The summed E-state index contributed by atoms with van der Waals surface area (Å²) < 4.78 is 0. The molecule has 19 nitrogen and oxygen atoms in total. The fraction of sp³-hybridized carbons (Fsp3) is 0.515. The first-order valence-corrected chi connectivity index (χ1v) is 17.0. The van der Waals surface area contributed by atoms with E-state index in [1.807, 2.05) is 13.8 Å². The van der Waals surface area contributed by atoms with Crippen molar-refractivity contribution in [3.8, 4) is 0 Å². The van der Waals surface area contributed by atoms with E-state index >= 15 is 0 Å². The van der Waals surface area contributed by atoms with Crippen LogP contribution in [0.25, 0.3) is 0 Å². The number of carboxylic acids is 1. The molecule has 2 aromatic rings. The smallest absolute Gasteiger partial charge is 0.326 e. The van der Waals surface area contributed by atoms with Crippen LogP contribution in [0.3, 0.4) is 0 Å². The highest BCUT2D eigenvalue weighted by Crippen LogP contribution is 2.10. The van der Waals surface area contributed by atoms with Gasteiger partial charge in [0.2, 0.25) is 23.6 Å². The molecule has 2 rings (SSSR count). The van der Waals surface area contributed by atoms with Gasteiger partial charge in [0.15, 0.2) is 11.9 Å². The average Bonchev–Trinajstić information content (AvgIpc) is 3.60. The minimum Gasteiger partial charge on any atom is -0.480 e. The van der Waals surface area contributed by atoms with Crippen LogP contribution in [0.15, 0.2) is 52.8 Å². The Morgan fingerprint density at radius 2 is 1.29 bits per heavy atom. The number of aromatic nitrogens is 2. The van der Waals surface area contributed by atoms with E-state index < -0.39 is 59.8 Å². The number of hydrogen-bond acceptors (Lipinski definition) is 9. The number of imidazole rings is 1. The molecule has 16 N–H and O–H groups in total. The molecule has 0 saturated heterocycles. The van der Waals surface area contributed by atoms with Gasteiger partial charge in [0.25, 0.3) is 0 Å². The van der Waals surface area contributed by atoms with Gasteiger partial charge in [-0.1, -0.05) is 44.2 Å². The van der Waals surface area contributed by atoms with Crippen molar-refractivity contribution in [2.24, 2.45) is 44.6 Å². The maximum atomic E-state index is 13.9. The highest BCUT2D eigenvalue weighted by atomic mass is 16.4. The van der Waals surface area contributed by atoms with Crippen LogP contribution in [0, 0.1) is 5.92 Å². The van der Waals surface area contributed by atoms with Crippen LogP contribution in [-0.2, 0) is 36.8 Å². The van der Waals surface area contributed by atoms with E-state index in [0.717, 1.165) is 0 Å². The summed E-state index contributed by atoms with van der Waals surface area (Å²) in [6.45, 7) is 4.15. The summed E-state index contributed by atoms with van der Waals surface area (Å²) in [6, 6.07) is 3.04. The molecular formula is C33H53N13O6. The molecule has 0 fully saturated rings. The van der Waals surface area contributed by atoms with E-state index in [-0.39, 0.29) is 69.5 Å². The Hall–Kier alpha value is -5.72. The monoisotopic (exact) mass is 727 g/mol. The Bertz CT molecular complexity index is 1490. The van der Waals surface area contributed by atoms with Gasteiger partial charge in [-0.3, -0.25) is 29.2 Å². The normalized spacial score (nSPS) is 13.8. The van der Waals surface area contributed by atoms with Crippen LogP contribution < -0.4 is 49.9 Å². The van der Waals surface area contributed by atoms with E-state index in [1.165, 1.54) is 12.5 Å². The Balaban J connectivity index is 2.30. The number of amides is 4. The molecule has 0 aliphatic heterocycles. The fourth-order valence-electron chi connectivity index (χ4n) is 5.10. The Morgan fingerprint density at radius 3 is 1.85 bits per heavy atom. The molecule has 0 unspecified atom stereocenters. The van der Waals surface area contributed by atoms with Crippen molar-refractivity contribution >= 4 is 41.5 Å². The number of benzene rings is 1. The Labute approximate surface area is 302 Å². The number of H-pyrrole nitrogens is 1. The molecule has 1 aromatic carbocycles. The average molecular weight is 728 g/mol. The lowest BCUT2D eigenvalue weighted by Crippen LogP contribution is -2.59. The number of hydrogen-bond donors (Lipinski definition) is 11. The van der Waals surface area contributed by atoms with Gasteiger partial charge in [-0.15, -0.1) is 0 Å². The van der Waals surface area contributed by atoms with Gasteiger partial charge >= 0.3 is 5.97 Å². The molecular weight excluding hydrogens is 674 g/mol. The maximum Gasteiger partial charge on any atom is 0.326 e. The fourth-order valence-corrected chi connectivity index (χ4v) is 5.10. The quantitative estimate of drug-likeness (QED) is 0.0327. The highest BCUT2D eigenvalue weighted by molar-refractivity contribution is 5.95. The molecule has 19 heteroatoms. The summed E-state index contributed by atoms with van der Waals surface area (Å²) in [5, 5.41) is 20.5. The standard InChI is InChI=1S/C33H53N13O6/c1-19(2)14-24(44-27(47)22(34)10-6-12-40-32(35)36)29(49)43-23(11-7-13-41-33(37)38)28(48)45-25(15-20-8-4-3-5-9-20)30(50)46-26(31(51)52)16-21-17-39-18-42-21/h3-5,8-9,17-19,22-26H,6-7,10-16,34H2,1-2H3,(H,39,42)(H,43,49)(H,44,47)(H,45,48)(H,46,50)(H,51,52)(H4,35,36,40)(H4,37,38,41)/t22-,23-,24-,25-,26-/m0/s1. The first kappa shape index (κ1) is 42.4. The van der Waals surface area contributed by atoms with Crippen molar-refractivity contribution in [1.82, 2.24) is 31.2 Å². The van der Waals surface area contributed by atoms with Gasteiger partial charge < -0.3 is 60.0 Å². The molecule has 4 amide bonds. The predicted molar refractivity (Wildman–Crippen MR) is 195 cm³/mol. The number of rotatable bonds is 23. The molecule has 0 aliphatic carbocycles. The number of carbonyl (C=O) groups excluding carboxylic acids is 4. The lowest BCUT2D eigenvalue weighted by molar-refractivity contribution is -0.142. The molecule has 0 bridgehead atoms. The van der Waals surface area contributed by atoms with Crippen molar-refractivity contribution in [3.05, 3.63) is 54.1 Å². The van der Waals surface area contributed by atoms with Crippen molar-refractivity contribution in [1.29, 1.82) is 0 Å². The number of carboxylic acid groups (broad SMARTS) is 1. The number of guanidine groups is 2. The van der Waals surface area contributed by atoms with Gasteiger partial charge in [0.1, 0.15) is 24.2 Å². The largest absolute Gasteiger partial charge is 0.480 e. The number of nitrogens with one attached hydrogen (secondary N) is 5. The van der Waals surface area contributed by atoms with Crippen LogP contribution in [0.1, 0.15) is 57.2 Å². The first-order valence-electron chi connectivity index (χ1n) is 17.0. The summed E-state index contributed by atoms with van der Waals surface area (Å²) in [4.78, 5) is 80.8. The SMILES string of the molecule is CC(C)C[C@H](NC(=O)[C@@H](N)CCCN=C(N)N)C(=O)N[C@@H](CCCN=C(N)N)C(=O)N[C@@H](Cc1ccccc1)C(=O)N[C@@H](Cc1cnc[nH]1)C(=O)O. The Kier molecular flexibility index (Phi) is 18.1. The van der Waals surface area contributed by atoms with Crippen LogP contribution in [0.5, 0.6) is 0 Å². The minimum absolute atomic E-state index is 0.0105. The lowest BCUT2D eigenvalue weighted by Gasteiger charge is -2.27. The zero-order chi connectivity index (χ0) is 38.6. The second kappa shape index (κ2) is 22.2. The van der Waals surface area contributed by atoms with Crippen molar-refractivity contribution in [2.75, 3.05) is 13.1 Å². The molecule has 1 aromatic heterocycles. The van der Waals surface area contributed by atoms with E-state index in [1.54, 1.807) is 30.3 Å². The van der Waals surface area contributed by atoms with Crippen LogP contribution in [0.4, 0.5) is 0 Å². The second-order valence-corrected chi connectivity index (χ2v) is 12.7. The van der Waals surface area contributed by atoms with Gasteiger partial charge in [0.05, 0.1) is 12.4 Å². The molecule has 52 heavy (non-hydrogen) atoms. The Morgan fingerprint density at radius 1 is 0.750 bits per heavy atom. The molecule has 5 atom stereocenters. The summed E-state index contributed by atoms with van der Waals surface area (Å²) in [6.07, 6.45) is 3.99. The first-order chi connectivity index (χ1) is 24.7. The number of carbonyl (C=O) groups is 5. The summed E-state index contributed by atoms with van der Waals surface area (Å²) in [7, 11) is 0. The number of aromatic amines is 1. The predicted octanol–water partition coefficient (Wildman–Crippen LogP) is -2.30. The number of nitrogens with two attached hydrogens (primary N) is 5. The maximum absolute atomic E-state index is 13.9. The number of nitrogens with zero attached hydrogens (tertiary/aromatic N) is 3. The van der Waals surface area contributed by atoms with Crippen LogP contribution in [0.2, 0.25) is 0 Å². The van der Waals surface area contributed by atoms with Gasteiger partial charge in [0, 0.05) is 37.8 Å².